The molecule has 5 rings (SSSR count). The van der Waals surface area contributed by atoms with Gasteiger partial charge in [0.2, 0.25) is 0 Å². The van der Waals surface area contributed by atoms with E-state index in [1.165, 1.54) is 39.2 Å². The van der Waals surface area contributed by atoms with E-state index in [1.54, 1.807) is 24.3 Å². The molecule has 0 saturated heterocycles. The number of rotatable bonds is 3. The molecule has 5 nitrogen and oxygen atoms in total. The Morgan fingerprint density at radius 1 is 1.00 bits per heavy atom. The summed E-state index contributed by atoms with van der Waals surface area (Å²) in [5, 5.41) is 6.03. The van der Waals surface area contributed by atoms with Gasteiger partial charge < -0.3 is 15.4 Å². The van der Waals surface area contributed by atoms with Gasteiger partial charge in [0.25, 0.3) is 0 Å². The van der Waals surface area contributed by atoms with Crippen LogP contribution >= 0.6 is 0 Å². The van der Waals surface area contributed by atoms with Crippen molar-refractivity contribution in [3.8, 4) is 0 Å². The largest absolute Gasteiger partial charge is 0.465 e. The zero-order valence-electron chi connectivity index (χ0n) is 14.0. The highest BCUT2D eigenvalue weighted by Crippen LogP contribution is 2.53. The van der Waals surface area contributed by atoms with Gasteiger partial charge in [-0.05, 0) is 67.9 Å². The Labute approximate surface area is 142 Å². The number of nitrogens with one attached hydrogen (secondary N) is 2. The van der Waals surface area contributed by atoms with Gasteiger partial charge in [0.05, 0.1) is 18.4 Å². The first-order valence-corrected chi connectivity index (χ1v) is 8.89. The van der Waals surface area contributed by atoms with E-state index in [0.29, 0.717) is 23.1 Å². The number of carbonyl (C=O) groups excluding carboxylic acids is 2. The number of methoxy groups -OCH3 is 1. The standard InChI is InChI=1S/C19H24N2O3/c1-24-18(22)15-4-2-3-5-16(15)20-19(23)21-17-13-7-11-6-12(9-13)10-14(17)8-11/h2-5,11-14,17H,6-10H2,1H3,(H2,20,21,23). The number of esters is 1. The minimum Gasteiger partial charge on any atom is -0.465 e. The summed E-state index contributed by atoms with van der Waals surface area (Å²) in [4.78, 5) is 24.3. The van der Waals surface area contributed by atoms with Crippen LogP contribution < -0.4 is 10.6 Å². The molecular formula is C19H24N2O3. The highest BCUT2D eigenvalue weighted by atomic mass is 16.5. The number of urea groups is 1. The summed E-state index contributed by atoms with van der Waals surface area (Å²) in [5.41, 5.74) is 0.867. The second kappa shape index (κ2) is 6.11. The molecule has 4 fully saturated rings. The molecule has 0 aromatic heterocycles. The van der Waals surface area contributed by atoms with Crippen molar-refractivity contribution in [2.75, 3.05) is 12.4 Å². The lowest BCUT2D eigenvalue weighted by Gasteiger charge is -2.54. The van der Waals surface area contributed by atoms with Crippen LogP contribution in [0.15, 0.2) is 24.3 Å². The number of benzene rings is 1. The summed E-state index contributed by atoms with van der Waals surface area (Å²) >= 11 is 0. The summed E-state index contributed by atoms with van der Waals surface area (Å²) in [7, 11) is 1.34. The van der Waals surface area contributed by atoms with Crippen LogP contribution in [-0.4, -0.2) is 25.2 Å². The molecule has 0 heterocycles. The topological polar surface area (TPSA) is 67.4 Å². The minimum atomic E-state index is -0.444. The molecule has 0 atom stereocenters. The van der Waals surface area contributed by atoms with Gasteiger partial charge in [-0.1, -0.05) is 12.1 Å². The van der Waals surface area contributed by atoms with Crippen molar-refractivity contribution in [2.45, 2.75) is 38.1 Å². The van der Waals surface area contributed by atoms with Crippen molar-refractivity contribution in [1.29, 1.82) is 0 Å². The summed E-state index contributed by atoms with van der Waals surface area (Å²) in [6.07, 6.45) is 6.44. The van der Waals surface area contributed by atoms with Gasteiger partial charge in [-0.15, -0.1) is 0 Å². The third-order valence-corrected chi connectivity index (χ3v) is 6.11. The molecule has 0 spiro atoms. The number of carbonyl (C=O) groups is 2. The van der Waals surface area contributed by atoms with Crippen LogP contribution in [-0.2, 0) is 4.74 Å². The molecular weight excluding hydrogens is 304 g/mol. The predicted molar refractivity (Wildman–Crippen MR) is 90.8 cm³/mol. The van der Waals surface area contributed by atoms with Crippen molar-refractivity contribution in [2.24, 2.45) is 23.7 Å². The summed E-state index contributed by atoms with van der Waals surface area (Å²) in [6, 6.07) is 7.00. The molecule has 0 radical (unpaired) electrons. The molecule has 4 bridgehead atoms. The second-order valence-corrected chi connectivity index (χ2v) is 7.59. The third-order valence-electron chi connectivity index (χ3n) is 6.11. The Kier molecular flexibility index (Phi) is 3.94. The minimum absolute atomic E-state index is 0.219. The predicted octanol–water partition coefficient (Wildman–Crippen LogP) is 3.42. The van der Waals surface area contributed by atoms with E-state index in [1.807, 2.05) is 0 Å². The summed E-state index contributed by atoms with van der Waals surface area (Å²) in [6.45, 7) is 0. The monoisotopic (exact) mass is 328 g/mol. The molecule has 24 heavy (non-hydrogen) atoms. The molecule has 5 heteroatoms. The fraction of sp³-hybridized carbons (Fsp3) is 0.579. The first-order valence-electron chi connectivity index (χ1n) is 8.89. The van der Waals surface area contributed by atoms with Gasteiger partial charge >= 0.3 is 12.0 Å². The van der Waals surface area contributed by atoms with Crippen LogP contribution in [0.25, 0.3) is 0 Å². The zero-order valence-corrected chi connectivity index (χ0v) is 14.0. The summed E-state index contributed by atoms with van der Waals surface area (Å²) < 4.78 is 4.78. The SMILES string of the molecule is COC(=O)c1ccccc1NC(=O)NC1C2CC3CC(C2)CC1C3. The van der Waals surface area contributed by atoms with E-state index in [-0.39, 0.29) is 12.1 Å². The fourth-order valence-corrected chi connectivity index (χ4v) is 5.35. The Morgan fingerprint density at radius 3 is 2.25 bits per heavy atom. The zero-order chi connectivity index (χ0) is 16.7. The number of ether oxygens (including phenoxy) is 1. The van der Waals surface area contributed by atoms with Gasteiger partial charge in [0.1, 0.15) is 0 Å². The maximum atomic E-state index is 12.5. The average molecular weight is 328 g/mol. The van der Waals surface area contributed by atoms with Gasteiger partial charge in [-0.25, -0.2) is 9.59 Å². The van der Waals surface area contributed by atoms with Gasteiger partial charge in [-0.2, -0.15) is 0 Å². The van der Waals surface area contributed by atoms with Crippen molar-refractivity contribution in [3.05, 3.63) is 29.8 Å². The van der Waals surface area contributed by atoms with Crippen LogP contribution in [0.2, 0.25) is 0 Å². The van der Waals surface area contributed by atoms with E-state index in [9.17, 15) is 9.59 Å². The van der Waals surface area contributed by atoms with Crippen molar-refractivity contribution in [1.82, 2.24) is 5.32 Å². The number of para-hydroxylation sites is 1. The van der Waals surface area contributed by atoms with Crippen LogP contribution in [0, 0.1) is 23.7 Å². The Morgan fingerprint density at radius 2 is 1.62 bits per heavy atom. The summed E-state index contributed by atoms with van der Waals surface area (Å²) in [5.74, 6) is 2.58. The van der Waals surface area contributed by atoms with E-state index in [4.69, 9.17) is 4.74 Å². The second-order valence-electron chi connectivity index (χ2n) is 7.59. The molecule has 2 amide bonds. The Bertz CT molecular complexity index is 630. The van der Waals surface area contributed by atoms with Gasteiger partial charge in [0.15, 0.2) is 0 Å². The molecule has 0 aliphatic heterocycles. The smallest absolute Gasteiger partial charge is 0.339 e. The number of hydrogen-bond donors (Lipinski definition) is 2. The molecule has 128 valence electrons. The Balaban J connectivity index is 1.44. The number of anilines is 1. The van der Waals surface area contributed by atoms with Crippen LogP contribution in [0.4, 0.5) is 10.5 Å². The van der Waals surface area contributed by atoms with Crippen LogP contribution in [0.5, 0.6) is 0 Å². The van der Waals surface area contributed by atoms with E-state index >= 15 is 0 Å². The van der Waals surface area contributed by atoms with E-state index < -0.39 is 5.97 Å². The fourth-order valence-electron chi connectivity index (χ4n) is 5.35. The first-order chi connectivity index (χ1) is 11.6. The molecule has 1 aromatic carbocycles. The van der Waals surface area contributed by atoms with Gasteiger partial charge in [0, 0.05) is 6.04 Å². The quantitative estimate of drug-likeness (QED) is 0.836. The lowest BCUT2D eigenvalue weighted by Crippen LogP contribution is -2.56. The van der Waals surface area contributed by atoms with E-state index in [0.717, 1.165) is 11.8 Å². The van der Waals surface area contributed by atoms with Crippen LogP contribution in [0.1, 0.15) is 42.5 Å². The van der Waals surface area contributed by atoms with Gasteiger partial charge in [-0.3, -0.25) is 0 Å². The Hall–Kier alpha value is -2.04. The molecule has 4 aliphatic rings. The van der Waals surface area contributed by atoms with E-state index in [2.05, 4.69) is 10.6 Å². The maximum Gasteiger partial charge on any atom is 0.339 e. The number of hydrogen-bond acceptors (Lipinski definition) is 3. The molecule has 1 aromatic rings. The first kappa shape index (κ1) is 15.5. The van der Waals surface area contributed by atoms with Crippen molar-refractivity contribution < 1.29 is 14.3 Å². The van der Waals surface area contributed by atoms with Crippen LogP contribution in [0.3, 0.4) is 0 Å². The molecule has 4 aliphatic carbocycles. The maximum absolute atomic E-state index is 12.5. The normalized spacial score (nSPS) is 33.1. The van der Waals surface area contributed by atoms with Crippen molar-refractivity contribution in [3.63, 3.8) is 0 Å². The molecule has 0 unspecified atom stereocenters. The average Bonchev–Trinajstić information content (AvgIpc) is 2.57. The van der Waals surface area contributed by atoms with Crippen molar-refractivity contribution >= 4 is 17.7 Å². The molecule has 2 N–H and O–H groups in total. The molecule has 4 saturated carbocycles. The lowest BCUT2D eigenvalue weighted by molar-refractivity contribution is -0.00883. The number of amides is 2. The third kappa shape index (κ3) is 2.76. The lowest BCUT2D eigenvalue weighted by atomic mass is 9.54. The highest BCUT2D eigenvalue weighted by molar-refractivity contribution is 6.00. The highest BCUT2D eigenvalue weighted by Gasteiger charge is 2.48.